The van der Waals surface area contributed by atoms with E-state index in [1.807, 2.05) is 0 Å². The molecule has 5 atom stereocenters. The van der Waals surface area contributed by atoms with E-state index in [4.69, 9.17) is 5.84 Å². The minimum atomic E-state index is 0.403. The standard InChI is InChI=1S/C19H26N2/c20-21-19(18-16-12-8-9-13(10-12)17(16)18)15-7-2-1-6-14(15)11-4-3-5-11/h1-2,6-7,11-13,16-19,21H,3-5,8-10,20H2. The summed E-state index contributed by atoms with van der Waals surface area (Å²) in [4.78, 5) is 0. The molecule has 0 radical (unpaired) electrons. The number of rotatable bonds is 4. The predicted octanol–water partition coefficient (Wildman–Crippen LogP) is 3.75. The summed E-state index contributed by atoms with van der Waals surface area (Å²) >= 11 is 0. The van der Waals surface area contributed by atoms with Gasteiger partial charge < -0.3 is 0 Å². The quantitative estimate of drug-likeness (QED) is 0.652. The van der Waals surface area contributed by atoms with Crippen molar-refractivity contribution in [2.45, 2.75) is 50.5 Å². The van der Waals surface area contributed by atoms with Crippen LogP contribution >= 0.6 is 0 Å². The Morgan fingerprint density at radius 1 is 1.00 bits per heavy atom. The summed E-state index contributed by atoms with van der Waals surface area (Å²) in [6, 6.07) is 9.52. The van der Waals surface area contributed by atoms with Crippen molar-refractivity contribution in [1.82, 2.24) is 5.43 Å². The molecule has 112 valence electrons. The van der Waals surface area contributed by atoms with Crippen molar-refractivity contribution >= 4 is 0 Å². The van der Waals surface area contributed by atoms with Crippen LogP contribution in [0.4, 0.5) is 0 Å². The molecule has 4 aliphatic carbocycles. The normalized spacial score (nSPS) is 41.7. The van der Waals surface area contributed by atoms with E-state index in [0.29, 0.717) is 6.04 Å². The van der Waals surface area contributed by atoms with Crippen LogP contribution in [0.1, 0.15) is 61.6 Å². The highest BCUT2D eigenvalue weighted by Crippen LogP contribution is 2.72. The zero-order valence-electron chi connectivity index (χ0n) is 12.7. The van der Waals surface area contributed by atoms with Crippen LogP contribution in [0.5, 0.6) is 0 Å². The lowest BCUT2D eigenvalue weighted by molar-refractivity contribution is 0.363. The highest BCUT2D eigenvalue weighted by molar-refractivity contribution is 5.36. The van der Waals surface area contributed by atoms with Gasteiger partial charge in [0.05, 0.1) is 0 Å². The first-order chi connectivity index (χ1) is 10.4. The monoisotopic (exact) mass is 282 g/mol. The molecule has 4 fully saturated rings. The van der Waals surface area contributed by atoms with Crippen LogP contribution in [0.2, 0.25) is 0 Å². The number of hydrazine groups is 1. The molecule has 1 aromatic rings. The van der Waals surface area contributed by atoms with Crippen LogP contribution in [0.3, 0.4) is 0 Å². The number of nitrogens with one attached hydrogen (secondary N) is 1. The topological polar surface area (TPSA) is 38.0 Å². The average molecular weight is 282 g/mol. The molecule has 0 heterocycles. The second kappa shape index (κ2) is 4.57. The summed E-state index contributed by atoms with van der Waals surface area (Å²) < 4.78 is 0. The van der Waals surface area contributed by atoms with Crippen molar-refractivity contribution in [1.29, 1.82) is 0 Å². The molecule has 0 saturated heterocycles. The van der Waals surface area contributed by atoms with Gasteiger partial charge in [0.1, 0.15) is 0 Å². The van der Waals surface area contributed by atoms with E-state index < -0.39 is 0 Å². The minimum Gasteiger partial charge on any atom is -0.271 e. The molecule has 21 heavy (non-hydrogen) atoms. The molecule has 4 aliphatic rings. The van der Waals surface area contributed by atoms with E-state index in [-0.39, 0.29) is 0 Å². The van der Waals surface area contributed by atoms with Crippen molar-refractivity contribution in [3.8, 4) is 0 Å². The zero-order valence-corrected chi connectivity index (χ0v) is 12.7. The Balaban J connectivity index is 1.46. The summed E-state index contributed by atoms with van der Waals surface area (Å²) in [5, 5.41) is 0. The molecule has 0 spiro atoms. The second-order valence-electron chi connectivity index (χ2n) is 7.97. The summed E-state index contributed by atoms with van der Waals surface area (Å²) in [5.41, 5.74) is 6.33. The van der Waals surface area contributed by atoms with Crippen LogP contribution in [0.15, 0.2) is 24.3 Å². The average Bonchev–Trinajstić information content (AvgIpc) is 2.88. The van der Waals surface area contributed by atoms with Gasteiger partial charge in [-0.2, -0.15) is 0 Å². The molecule has 4 saturated carbocycles. The minimum absolute atomic E-state index is 0.403. The van der Waals surface area contributed by atoms with E-state index in [2.05, 4.69) is 29.7 Å². The maximum atomic E-state index is 6.04. The van der Waals surface area contributed by atoms with E-state index in [1.54, 1.807) is 5.56 Å². The number of fused-ring (bicyclic) bond motifs is 5. The Bertz CT molecular complexity index is 534. The fourth-order valence-electron chi connectivity index (χ4n) is 6.13. The first kappa shape index (κ1) is 12.7. The molecule has 3 N–H and O–H groups in total. The van der Waals surface area contributed by atoms with Gasteiger partial charge >= 0.3 is 0 Å². The molecule has 5 rings (SSSR count). The van der Waals surface area contributed by atoms with E-state index in [0.717, 1.165) is 35.5 Å². The van der Waals surface area contributed by atoms with Gasteiger partial charge in [-0.3, -0.25) is 11.3 Å². The molecule has 1 aromatic carbocycles. The van der Waals surface area contributed by atoms with Gasteiger partial charge in [0, 0.05) is 6.04 Å². The lowest BCUT2D eigenvalue weighted by Crippen LogP contribution is -2.32. The van der Waals surface area contributed by atoms with Crippen LogP contribution in [0, 0.1) is 29.6 Å². The molecule has 0 aliphatic heterocycles. The molecule has 2 heteroatoms. The van der Waals surface area contributed by atoms with Gasteiger partial charge in [-0.25, -0.2) is 0 Å². The summed E-state index contributed by atoms with van der Waals surface area (Å²) in [6.45, 7) is 0. The van der Waals surface area contributed by atoms with Gasteiger partial charge in [0.25, 0.3) is 0 Å². The van der Waals surface area contributed by atoms with Gasteiger partial charge in [-0.1, -0.05) is 30.7 Å². The fourth-order valence-corrected chi connectivity index (χ4v) is 6.13. The third kappa shape index (κ3) is 1.72. The Morgan fingerprint density at radius 2 is 1.71 bits per heavy atom. The Hall–Kier alpha value is -0.860. The fraction of sp³-hybridized carbons (Fsp3) is 0.684. The van der Waals surface area contributed by atoms with E-state index in [9.17, 15) is 0 Å². The van der Waals surface area contributed by atoms with Crippen LogP contribution in [-0.2, 0) is 0 Å². The lowest BCUT2D eigenvalue weighted by Gasteiger charge is -2.31. The van der Waals surface area contributed by atoms with Crippen molar-refractivity contribution < 1.29 is 0 Å². The first-order valence-electron chi connectivity index (χ1n) is 8.93. The SMILES string of the molecule is NNC(c1ccccc1C1CCC1)C1C2C3CCC(C3)C21. The smallest absolute Gasteiger partial charge is 0.0496 e. The van der Waals surface area contributed by atoms with Gasteiger partial charge in [0.2, 0.25) is 0 Å². The predicted molar refractivity (Wildman–Crippen MR) is 84.4 cm³/mol. The number of hydrogen-bond donors (Lipinski definition) is 2. The molecule has 0 aromatic heterocycles. The number of hydrogen-bond acceptors (Lipinski definition) is 2. The van der Waals surface area contributed by atoms with Crippen LogP contribution < -0.4 is 11.3 Å². The van der Waals surface area contributed by atoms with Crippen molar-refractivity contribution in [3.05, 3.63) is 35.4 Å². The third-order valence-electron chi connectivity index (χ3n) is 7.24. The second-order valence-corrected chi connectivity index (χ2v) is 7.97. The van der Waals surface area contributed by atoms with Crippen molar-refractivity contribution in [2.24, 2.45) is 35.4 Å². The van der Waals surface area contributed by atoms with Crippen LogP contribution in [0.25, 0.3) is 0 Å². The highest BCUT2D eigenvalue weighted by Gasteiger charge is 2.66. The summed E-state index contributed by atoms with van der Waals surface area (Å²) in [7, 11) is 0. The molecule has 2 nitrogen and oxygen atoms in total. The molecular formula is C19H26N2. The summed E-state index contributed by atoms with van der Waals surface area (Å²) in [6.07, 6.45) is 8.65. The van der Waals surface area contributed by atoms with Crippen molar-refractivity contribution in [2.75, 3.05) is 0 Å². The zero-order chi connectivity index (χ0) is 14.0. The third-order valence-corrected chi connectivity index (χ3v) is 7.24. The van der Waals surface area contributed by atoms with E-state index in [1.165, 1.54) is 44.1 Å². The molecule has 0 amide bonds. The van der Waals surface area contributed by atoms with E-state index >= 15 is 0 Å². The lowest BCUT2D eigenvalue weighted by atomic mass is 9.76. The largest absolute Gasteiger partial charge is 0.271 e. The van der Waals surface area contributed by atoms with Crippen molar-refractivity contribution in [3.63, 3.8) is 0 Å². The number of nitrogens with two attached hydrogens (primary N) is 1. The molecular weight excluding hydrogens is 256 g/mol. The highest BCUT2D eigenvalue weighted by atomic mass is 15.2. The Labute approximate surface area is 127 Å². The maximum absolute atomic E-state index is 6.04. The van der Waals surface area contributed by atoms with Crippen LogP contribution in [-0.4, -0.2) is 0 Å². The Morgan fingerprint density at radius 3 is 2.33 bits per heavy atom. The maximum Gasteiger partial charge on any atom is 0.0496 e. The van der Waals surface area contributed by atoms with Gasteiger partial charge in [-0.05, 0) is 78.7 Å². The van der Waals surface area contributed by atoms with Gasteiger partial charge in [0.15, 0.2) is 0 Å². The summed E-state index contributed by atoms with van der Waals surface area (Å²) in [5.74, 6) is 11.7. The molecule has 2 bridgehead atoms. The van der Waals surface area contributed by atoms with Gasteiger partial charge in [-0.15, -0.1) is 0 Å². The number of benzene rings is 1. The first-order valence-corrected chi connectivity index (χ1v) is 8.93. The molecule has 5 unspecified atom stereocenters. The Kier molecular flexibility index (Phi) is 2.75.